The zero-order chi connectivity index (χ0) is 20.6. The molecule has 1 aliphatic carbocycles. The van der Waals surface area contributed by atoms with Crippen LogP contribution in [0, 0.1) is 17.7 Å². The average molecular weight is 420 g/mol. The van der Waals surface area contributed by atoms with E-state index in [0.29, 0.717) is 11.7 Å². The quantitative estimate of drug-likeness (QED) is 0.410. The predicted molar refractivity (Wildman–Crippen MR) is 115 cm³/mol. The van der Waals surface area contributed by atoms with Crippen LogP contribution in [0.15, 0.2) is 47.2 Å². The van der Waals surface area contributed by atoms with E-state index >= 15 is 0 Å². The molecule has 0 amide bonds. The van der Waals surface area contributed by atoms with E-state index in [-0.39, 0.29) is 5.82 Å². The van der Waals surface area contributed by atoms with Gasteiger partial charge in [-0.25, -0.2) is 9.18 Å². The molecular weight excluding hydrogens is 389 g/mol. The Hall–Kier alpha value is -1.95. The summed E-state index contributed by atoms with van der Waals surface area (Å²) in [5.41, 5.74) is 1.11. The molecule has 1 N–H and O–H groups in total. The standard InChI is InChI=1S/C23H30FNO3S/c1-17-5-2-6-19(15-17)16-25-13-3-8-21(28-23(26)27)22(25)29-14-4-7-18-9-11-20(24)12-10-18/h3,8-12,17,19H,2,4-7,13-16H2,1H3,(H,26,27). The lowest BCUT2D eigenvalue weighted by molar-refractivity contribution is 0.118. The molecule has 1 aromatic carbocycles. The van der Waals surface area contributed by atoms with Crippen molar-refractivity contribution in [3.63, 3.8) is 0 Å². The van der Waals surface area contributed by atoms with Gasteiger partial charge in [-0.15, -0.1) is 11.8 Å². The number of carboxylic acid groups (broad SMARTS) is 1. The molecule has 0 spiro atoms. The minimum absolute atomic E-state index is 0.217. The Labute approximate surface area is 176 Å². The molecule has 3 rings (SSSR count). The third-order valence-corrected chi connectivity index (χ3v) is 6.80. The van der Waals surface area contributed by atoms with Crippen molar-refractivity contribution in [3.8, 4) is 0 Å². The number of halogens is 1. The van der Waals surface area contributed by atoms with E-state index in [4.69, 9.17) is 9.84 Å². The fourth-order valence-corrected chi connectivity index (χ4v) is 5.29. The molecule has 0 aromatic heterocycles. The molecule has 4 nitrogen and oxygen atoms in total. The van der Waals surface area contributed by atoms with Crippen LogP contribution in [0.5, 0.6) is 0 Å². The van der Waals surface area contributed by atoms with Crippen molar-refractivity contribution in [2.75, 3.05) is 18.8 Å². The molecule has 0 radical (unpaired) electrons. The number of aryl methyl sites for hydroxylation is 1. The number of carbonyl (C=O) groups is 1. The zero-order valence-electron chi connectivity index (χ0n) is 17.0. The molecule has 1 fully saturated rings. The highest BCUT2D eigenvalue weighted by Gasteiger charge is 2.26. The van der Waals surface area contributed by atoms with E-state index in [2.05, 4.69) is 11.8 Å². The van der Waals surface area contributed by atoms with Crippen LogP contribution in [-0.2, 0) is 11.2 Å². The van der Waals surface area contributed by atoms with E-state index in [1.54, 1.807) is 17.8 Å². The minimum atomic E-state index is -1.28. The highest BCUT2D eigenvalue weighted by Crippen LogP contribution is 2.34. The first-order valence-corrected chi connectivity index (χ1v) is 11.4. The summed E-state index contributed by atoms with van der Waals surface area (Å²) in [5, 5.41) is 10.0. The Morgan fingerprint density at radius 1 is 1.31 bits per heavy atom. The van der Waals surface area contributed by atoms with Gasteiger partial charge in [0.2, 0.25) is 0 Å². The van der Waals surface area contributed by atoms with E-state index < -0.39 is 6.16 Å². The summed E-state index contributed by atoms with van der Waals surface area (Å²) in [6.45, 7) is 4.06. The van der Waals surface area contributed by atoms with Crippen molar-refractivity contribution in [3.05, 3.63) is 58.6 Å². The fourth-order valence-electron chi connectivity index (χ4n) is 4.22. The van der Waals surface area contributed by atoms with Crippen molar-refractivity contribution < 1.29 is 19.0 Å². The highest BCUT2D eigenvalue weighted by molar-refractivity contribution is 8.03. The van der Waals surface area contributed by atoms with Crippen molar-refractivity contribution in [1.82, 2.24) is 4.90 Å². The number of hydrogen-bond acceptors (Lipinski definition) is 4. The lowest BCUT2D eigenvalue weighted by atomic mass is 9.82. The van der Waals surface area contributed by atoms with Crippen LogP contribution in [-0.4, -0.2) is 35.0 Å². The Morgan fingerprint density at radius 3 is 2.83 bits per heavy atom. The third kappa shape index (κ3) is 6.81. The average Bonchev–Trinajstić information content (AvgIpc) is 2.68. The Bertz CT molecular complexity index is 747. The second-order valence-electron chi connectivity index (χ2n) is 8.06. The number of hydrogen-bond donors (Lipinski definition) is 1. The molecule has 0 saturated heterocycles. The van der Waals surface area contributed by atoms with Gasteiger partial charge >= 0.3 is 6.16 Å². The van der Waals surface area contributed by atoms with Crippen LogP contribution < -0.4 is 0 Å². The molecule has 2 aliphatic rings. The summed E-state index contributed by atoms with van der Waals surface area (Å²) in [4.78, 5) is 13.4. The molecule has 1 aromatic rings. The number of thioether (sulfide) groups is 1. The molecule has 2 atom stereocenters. The topological polar surface area (TPSA) is 49.8 Å². The summed E-state index contributed by atoms with van der Waals surface area (Å²) in [6, 6.07) is 6.61. The second kappa shape index (κ2) is 10.7. The predicted octanol–water partition coefficient (Wildman–Crippen LogP) is 6.05. The van der Waals surface area contributed by atoms with Crippen molar-refractivity contribution in [2.45, 2.75) is 45.4 Å². The maximum atomic E-state index is 13.0. The summed E-state index contributed by atoms with van der Waals surface area (Å²) < 4.78 is 18.1. The Kier molecular flexibility index (Phi) is 8.04. The van der Waals surface area contributed by atoms with Gasteiger partial charge in [0, 0.05) is 13.1 Å². The van der Waals surface area contributed by atoms with Crippen molar-refractivity contribution in [2.24, 2.45) is 11.8 Å². The van der Waals surface area contributed by atoms with E-state index in [1.807, 2.05) is 18.2 Å². The van der Waals surface area contributed by atoms with Crippen LogP contribution in [0.1, 0.15) is 44.6 Å². The SMILES string of the molecule is CC1CCCC(CN2CC=CC(OC(=O)O)=C2SCCCc2ccc(F)cc2)C1. The van der Waals surface area contributed by atoms with Gasteiger partial charge in [-0.2, -0.15) is 0 Å². The number of rotatable bonds is 8. The lowest BCUT2D eigenvalue weighted by Crippen LogP contribution is -2.33. The number of benzene rings is 1. The summed E-state index contributed by atoms with van der Waals surface area (Å²) in [5.74, 6) is 2.47. The fraction of sp³-hybridized carbons (Fsp3) is 0.522. The first-order chi connectivity index (χ1) is 14.0. The Balaban J connectivity index is 1.61. The number of ether oxygens (including phenoxy) is 1. The number of nitrogens with zero attached hydrogens (tertiary/aromatic N) is 1. The lowest BCUT2D eigenvalue weighted by Gasteiger charge is -2.35. The van der Waals surface area contributed by atoms with Crippen molar-refractivity contribution in [1.29, 1.82) is 0 Å². The smallest absolute Gasteiger partial charge is 0.449 e. The van der Waals surface area contributed by atoms with Crippen LogP contribution in [0.3, 0.4) is 0 Å². The van der Waals surface area contributed by atoms with Gasteiger partial charge in [-0.3, -0.25) is 0 Å². The maximum Gasteiger partial charge on any atom is 0.511 e. The molecule has 6 heteroatoms. The van der Waals surface area contributed by atoms with E-state index in [9.17, 15) is 9.18 Å². The normalized spacial score (nSPS) is 22.1. The monoisotopic (exact) mass is 419 g/mol. The third-order valence-electron chi connectivity index (χ3n) is 5.58. The van der Waals surface area contributed by atoms with Gasteiger partial charge in [0.1, 0.15) is 10.8 Å². The minimum Gasteiger partial charge on any atom is -0.449 e. The molecule has 1 saturated carbocycles. The summed E-state index contributed by atoms with van der Waals surface area (Å²) in [6.07, 6.45) is 9.33. The van der Waals surface area contributed by atoms with Gasteiger partial charge in [0.25, 0.3) is 0 Å². The van der Waals surface area contributed by atoms with Gasteiger partial charge in [-0.1, -0.05) is 38.0 Å². The first kappa shape index (κ1) is 21.8. The molecule has 1 aliphatic heterocycles. The maximum absolute atomic E-state index is 13.0. The summed E-state index contributed by atoms with van der Waals surface area (Å²) in [7, 11) is 0. The second-order valence-corrected chi connectivity index (χ2v) is 9.14. The molecule has 1 heterocycles. The summed E-state index contributed by atoms with van der Waals surface area (Å²) >= 11 is 1.66. The van der Waals surface area contributed by atoms with Gasteiger partial charge in [0.05, 0.1) is 0 Å². The molecule has 2 unspecified atom stereocenters. The molecule has 0 bridgehead atoms. The van der Waals surface area contributed by atoms with Gasteiger partial charge in [0.15, 0.2) is 5.76 Å². The van der Waals surface area contributed by atoms with Crippen LogP contribution in [0.2, 0.25) is 0 Å². The van der Waals surface area contributed by atoms with Crippen molar-refractivity contribution >= 4 is 17.9 Å². The number of allylic oxidation sites excluding steroid dienone is 1. The van der Waals surface area contributed by atoms with E-state index in [0.717, 1.165) is 48.2 Å². The van der Waals surface area contributed by atoms with Gasteiger partial charge < -0.3 is 14.7 Å². The van der Waals surface area contributed by atoms with Gasteiger partial charge in [-0.05, 0) is 67.0 Å². The van der Waals surface area contributed by atoms with Crippen LogP contribution in [0.25, 0.3) is 0 Å². The first-order valence-electron chi connectivity index (χ1n) is 10.4. The van der Waals surface area contributed by atoms with Crippen LogP contribution >= 0.6 is 11.8 Å². The highest BCUT2D eigenvalue weighted by atomic mass is 32.2. The largest absolute Gasteiger partial charge is 0.511 e. The molecular formula is C23H30FNO3S. The Morgan fingerprint density at radius 2 is 2.10 bits per heavy atom. The molecule has 158 valence electrons. The molecule has 29 heavy (non-hydrogen) atoms. The van der Waals surface area contributed by atoms with E-state index in [1.165, 1.54) is 37.8 Å². The van der Waals surface area contributed by atoms with Crippen LogP contribution in [0.4, 0.5) is 9.18 Å². The zero-order valence-corrected chi connectivity index (χ0v) is 17.8.